The molecular formula is C66H68N2O7. The van der Waals surface area contributed by atoms with E-state index in [0.29, 0.717) is 13.2 Å². The highest BCUT2D eigenvalue weighted by atomic mass is 16.5. The summed E-state index contributed by atoms with van der Waals surface area (Å²) in [5, 5.41) is 0. The van der Waals surface area contributed by atoms with Crippen LogP contribution in [0.3, 0.4) is 0 Å². The normalized spacial score (nSPS) is 14.3. The van der Waals surface area contributed by atoms with E-state index in [1.165, 1.54) is 11.1 Å². The monoisotopic (exact) mass is 1000 g/mol. The molecular weight excluding hydrogens is 933 g/mol. The number of nitrogens with zero attached hydrogens (tertiary/aromatic N) is 2. The lowest BCUT2D eigenvalue weighted by Gasteiger charge is -2.37. The van der Waals surface area contributed by atoms with Gasteiger partial charge in [0.15, 0.2) is 0 Å². The highest BCUT2D eigenvalue weighted by molar-refractivity contribution is 5.81. The second-order valence-corrected chi connectivity index (χ2v) is 20.4. The molecule has 2 heterocycles. The van der Waals surface area contributed by atoms with Crippen molar-refractivity contribution in [2.24, 2.45) is 10.8 Å². The molecule has 9 nitrogen and oxygen atoms in total. The summed E-state index contributed by atoms with van der Waals surface area (Å²) in [6.07, 6.45) is 3.70. The van der Waals surface area contributed by atoms with E-state index < -0.39 is 0 Å². The molecule has 8 aromatic rings. The van der Waals surface area contributed by atoms with Crippen LogP contribution in [0.2, 0.25) is 0 Å². The maximum absolute atomic E-state index is 6.54. The van der Waals surface area contributed by atoms with Gasteiger partial charge in [-0.3, -0.25) is 0 Å². The summed E-state index contributed by atoms with van der Waals surface area (Å²) >= 11 is 0. The second kappa shape index (κ2) is 24.8. The van der Waals surface area contributed by atoms with E-state index in [9.17, 15) is 0 Å². The average molecular weight is 1000 g/mol. The Kier molecular flexibility index (Phi) is 16.9. The Bertz CT molecular complexity index is 2790. The van der Waals surface area contributed by atoms with Gasteiger partial charge in [-0.1, -0.05) is 111 Å². The third-order valence-corrected chi connectivity index (χ3v) is 13.6. The minimum atomic E-state index is 0.166. The molecule has 0 bridgehead atoms. The predicted octanol–water partition coefficient (Wildman–Crippen LogP) is 16.2. The highest BCUT2D eigenvalue weighted by Gasteiger charge is 2.34. The van der Waals surface area contributed by atoms with Crippen LogP contribution < -0.4 is 24.0 Å². The molecule has 75 heavy (non-hydrogen) atoms. The smallest absolute Gasteiger partial charge is 0.127 e. The lowest BCUT2D eigenvalue weighted by molar-refractivity contribution is -0.138. The van der Waals surface area contributed by atoms with Crippen molar-refractivity contribution < 1.29 is 33.2 Å². The van der Waals surface area contributed by atoms with Gasteiger partial charge >= 0.3 is 0 Å². The molecule has 2 aliphatic heterocycles. The van der Waals surface area contributed by atoms with Gasteiger partial charge in [-0.25, -0.2) is 0 Å². The minimum Gasteiger partial charge on any atom is -0.494 e. The van der Waals surface area contributed by atoms with Crippen LogP contribution in [0.15, 0.2) is 206 Å². The van der Waals surface area contributed by atoms with E-state index in [1.807, 2.05) is 48.5 Å². The zero-order chi connectivity index (χ0) is 51.1. The summed E-state index contributed by atoms with van der Waals surface area (Å²) < 4.78 is 41.8. The van der Waals surface area contributed by atoms with Crippen molar-refractivity contribution in [3.05, 3.63) is 206 Å². The molecule has 2 fully saturated rings. The van der Waals surface area contributed by atoms with Crippen molar-refractivity contribution in [2.45, 2.75) is 39.5 Å². The zero-order valence-corrected chi connectivity index (χ0v) is 43.3. The first-order valence-corrected chi connectivity index (χ1v) is 26.4. The molecule has 0 saturated carbocycles. The fourth-order valence-corrected chi connectivity index (χ4v) is 9.35. The number of ether oxygens (including phenoxy) is 7. The molecule has 0 amide bonds. The number of unbranched alkanes of at least 4 members (excludes halogenated alkanes) is 2. The Labute approximate surface area is 443 Å². The van der Waals surface area contributed by atoms with E-state index in [4.69, 9.17) is 33.2 Å². The Hall–Kier alpha value is -7.40. The number of benzene rings is 8. The van der Waals surface area contributed by atoms with Crippen LogP contribution >= 0.6 is 0 Å². The maximum atomic E-state index is 6.54. The van der Waals surface area contributed by atoms with Crippen LogP contribution in [0.1, 0.15) is 39.5 Å². The van der Waals surface area contributed by atoms with Crippen molar-refractivity contribution in [2.75, 3.05) is 75.9 Å². The van der Waals surface area contributed by atoms with Gasteiger partial charge in [0, 0.05) is 70.3 Å². The van der Waals surface area contributed by atoms with Crippen molar-refractivity contribution in [3.63, 3.8) is 0 Å². The minimum absolute atomic E-state index is 0.166. The Balaban J connectivity index is 0.830. The molecule has 0 aliphatic carbocycles. The number of rotatable bonds is 26. The molecule has 384 valence electrons. The first-order valence-electron chi connectivity index (χ1n) is 26.4. The Morgan fingerprint density at radius 2 is 0.693 bits per heavy atom. The van der Waals surface area contributed by atoms with Crippen molar-refractivity contribution in [3.8, 4) is 45.3 Å². The molecule has 10 rings (SSSR count). The van der Waals surface area contributed by atoms with Crippen molar-refractivity contribution in [1.82, 2.24) is 0 Å². The molecule has 0 atom stereocenters. The molecule has 0 unspecified atom stereocenters. The lowest BCUT2D eigenvalue weighted by Crippen LogP contribution is -2.43. The Morgan fingerprint density at radius 1 is 0.347 bits per heavy atom. The average Bonchev–Trinajstić information content (AvgIpc) is 3.44. The van der Waals surface area contributed by atoms with Gasteiger partial charge in [-0.05, 0) is 145 Å². The van der Waals surface area contributed by atoms with Gasteiger partial charge in [0.25, 0.3) is 0 Å². The maximum Gasteiger partial charge on any atom is 0.127 e. The van der Waals surface area contributed by atoms with E-state index >= 15 is 0 Å². The standard InChI is InChI=1S/C66H68N2O7/c1-65(47-71-48-65)45-69-39-9-11-41-73-63-21-13-19-59(43-63)67(55-27-23-53(24-28-55)51-15-5-3-6-16-51)57-31-35-61(36-32-57)75-62-37-33-58(34-38-62)68(56-29-25-54(26-30-56)52-17-7-4-8-18-52)60-20-14-22-64(44-60)74-42-12-10-40-70-46-66(2)49-72-50-66/h3-8,13-38,43-44H,9-12,39-42,45-50H2,1-2H3. The summed E-state index contributed by atoms with van der Waals surface area (Å²) in [5.41, 5.74) is 11.0. The first-order chi connectivity index (χ1) is 36.9. The summed E-state index contributed by atoms with van der Waals surface area (Å²) in [5.74, 6) is 3.11. The molecule has 0 aromatic heterocycles. The topological polar surface area (TPSA) is 71.1 Å². The Morgan fingerprint density at radius 3 is 1.05 bits per heavy atom. The van der Waals surface area contributed by atoms with Gasteiger partial charge in [0.05, 0.1) is 52.9 Å². The fourth-order valence-electron chi connectivity index (χ4n) is 9.35. The number of anilines is 6. The molecule has 0 N–H and O–H groups in total. The number of hydrogen-bond acceptors (Lipinski definition) is 9. The third-order valence-electron chi connectivity index (χ3n) is 13.6. The van der Waals surface area contributed by atoms with Crippen LogP contribution in [0.4, 0.5) is 34.1 Å². The van der Waals surface area contributed by atoms with Gasteiger partial charge in [-0.15, -0.1) is 0 Å². The van der Waals surface area contributed by atoms with Crippen LogP contribution in [-0.4, -0.2) is 66.1 Å². The number of hydrogen-bond donors (Lipinski definition) is 0. The zero-order valence-electron chi connectivity index (χ0n) is 43.3. The third kappa shape index (κ3) is 13.7. The van der Waals surface area contributed by atoms with E-state index in [2.05, 4.69) is 181 Å². The largest absolute Gasteiger partial charge is 0.494 e. The van der Waals surface area contributed by atoms with Gasteiger partial charge < -0.3 is 43.0 Å². The van der Waals surface area contributed by atoms with E-state index in [1.54, 1.807) is 0 Å². The first kappa shape index (κ1) is 51.1. The predicted molar refractivity (Wildman–Crippen MR) is 302 cm³/mol. The van der Waals surface area contributed by atoms with Crippen LogP contribution in [0, 0.1) is 10.8 Å². The molecule has 2 saturated heterocycles. The highest BCUT2D eigenvalue weighted by Crippen LogP contribution is 2.41. The fraction of sp³-hybridized carbons (Fsp3) is 0.273. The molecule has 9 heteroatoms. The lowest BCUT2D eigenvalue weighted by atomic mass is 9.90. The van der Waals surface area contributed by atoms with Gasteiger partial charge in [0.1, 0.15) is 23.0 Å². The van der Waals surface area contributed by atoms with Crippen LogP contribution in [0.25, 0.3) is 22.3 Å². The quantitative estimate of drug-likeness (QED) is 0.0493. The van der Waals surface area contributed by atoms with Gasteiger partial charge in [-0.2, -0.15) is 0 Å². The second-order valence-electron chi connectivity index (χ2n) is 20.4. The van der Waals surface area contributed by atoms with Crippen molar-refractivity contribution in [1.29, 1.82) is 0 Å². The SMILES string of the molecule is CC1(COCCCCOc2cccc(N(c3ccc(Oc4ccc(N(c5ccc(-c6ccccc6)cc5)c5cccc(OCCCCOCC6(C)COC6)c5)cc4)cc3)c3ccc(-c4ccccc4)cc3)c2)COC1. The summed E-state index contributed by atoms with van der Waals surface area (Å²) in [4.78, 5) is 4.51. The summed E-state index contributed by atoms with van der Waals surface area (Å²) in [6, 6.07) is 71.5. The van der Waals surface area contributed by atoms with E-state index in [0.717, 1.165) is 147 Å². The van der Waals surface area contributed by atoms with Crippen molar-refractivity contribution >= 4 is 34.1 Å². The summed E-state index contributed by atoms with van der Waals surface area (Å²) in [6.45, 7) is 11.7. The summed E-state index contributed by atoms with van der Waals surface area (Å²) in [7, 11) is 0. The molecule has 8 aromatic carbocycles. The van der Waals surface area contributed by atoms with Crippen LogP contribution in [-0.2, 0) is 18.9 Å². The molecule has 0 radical (unpaired) electrons. The van der Waals surface area contributed by atoms with Crippen LogP contribution in [0.5, 0.6) is 23.0 Å². The molecule has 2 aliphatic rings. The van der Waals surface area contributed by atoms with Gasteiger partial charge in [0.2, 0.25) is 0 Å². The molecule has 0 spiro atoms. The van der Waals surface area contributed by atoms with E-state index in [-0.39, 0.29) is 10.8 Å².